The molecule has 0 saturated heterocycles. The Bertz CT molecular complexity index is 477. The first-order chi connectivity index (χ1) is 9.67. The lowest BCUT2D eigenvalue weighted by Gasteiger charge is -2.22. The lowest BCUT2D eigenvalue weighted by molar-refractivity contribution is 0.0707. The highest BCUT2D eigenvalue weighted by Gasteiger charge is 2.33. The molecule has 0 atom stereocenters. The highest BCUT2D eigenvalue weighted by atomic mass is 19.1. The minimum Gasteiger partial charge on any atom is -0.395 e. The number of amides is 1. The van der Waals surface area contributed by atoms with Gasteiger partial charge in [0.05, 0.1) is 18.4 Å². The molecule has 0 spiro atoms. The van der Waals surface area contributed by atoms with Crippen molar-refractivity contribution in [3.8, 4) is 0 Å². The molecule has 1 aromatic rings. The molecule has 20 heavy (non-hydrogen) atoms. The number of halogens is 1. The molecule has 1 aromatic heterocycles. The monoisotopic (exact) mass is 281 g/mol. The van der Waals surface area contributed by atoms with E-state index in [1.165, 1.54) is 6.07 Å². The lowest BCUT2D eigenvalue weighted by atomic mass is 10.2. The number of aromatic nitrogens is 1. The van der Waals surface area contributed by atoms with Gasteiger partial charge in [0.15, 0.2) is 0 Å². The van der Waals surface area contributed by atoms with Gasteiger partial charge >= 0.3 is 0 Å². The molecule has 0 aliphatic heterocycles. The van der Waals surface area contributed by atoms with E-state index in [9.17, 15) is 9.18 Å². The van der Waals surface area contributed by atoms with Crippen LogP contribution < -0.4 is 5.32 Å². The van der Waals surface area contributed by atoms with Crippen molar-refractivity contribution in [1.82, 2.24) is 9.88 Å². The van der Waals surface area contributed by atoms with Gasteiger partial charge in [0.25, 0.3) is 5.91 Å². The van der Waals surface area contributed by atoms with Crippen LogP contribution in [0.15, 0.2) is 12.3 Å². The fourth-order valence-corrected chi connectivity index (χ4v) is 2.09. The molecular formula is C14H20FN3O2. The van der Waals surface area contributed by atoms with Gasteiger partial charge in [0.2, 0.25) is 0 Å². The second kappa shape index (κ2) is 6.65. The number of carbonyl (C=O) groups excluding carboxylic acids is 1. The maximum atomic E-state index is 13.4. The van der Waals surface area contributed by atoms with Gasteiger partial charge in [-0.1, -0.05) is 6.92 Å². The first kappa shape index (κ1) is 14.7. The minimum atomic E-state index is -0.532. The molecule has 1 aliphatic rings. The van der Waals surface area contributed by atoms with E-state index in [1.54, 1.807) is 4.90 Å². The Kier molecular flexibility index (Phi) is 4.89. The molecule has 2 rings (SSSR count). The van der Waals surface area contributed by atoms with Gasteiger partial charge in [0.1, 0.15) is 11.6 Å². The van der Waals surface area contributed by atoms with Gasteiger partial charge in [-0.15, -0.1) is 0 Å². The first-order valence-corrected chi connectivity index (χ1v) is 6.98. The number of hydrogen-bond acceptors (Lipinski definition) is 4. The quantitative estimate of drug-likeness (QED) is 0.797. The van der Waals surface area contributed by atoms with Crippen LogP contribution in [0.2, 0.25) is 0 Å². The number of pyridine rings is 1. The number of anilines is 1. The van der Waals surface area contributed by atoms with Gasteiger partial charge < -0.3 is 15.3 Å². The van der Waals surface area contributed by atoms with E-state index in [1.807, 2.05) is 6.92 Å². The zero-order valence-corrected chi connectivity index (χ0v) is 11.6. The van der Waals surface area contributed by atoms with E-state index in [2.05, 4.69) is 10.3 Å². The summed E-state index contributed by atoms with van der Waals surface area (Å²) in [6.45, 7) is 2.85. The summed E-state index contributed by atoms with van der Waals surface area (Å²) in [7, 11) is 0. The Morgan fingerprint density at radius 1 is 1.60 bits per heavy atom. The Morgan fingerprint density at radius 2 is 2.35 bits per heavy atom. The highest BCUT2D eigenvalue weighted by molar-refractivity contribution is 5.99. The third-order valence-electron chi connectivity index (χ3n) is 3.22. The average molecular weight is 281 g/mol. The Hall–Kier alpha value is -1.69. The third kappa shape index (κ3) is 3.45. The summed E-state index contributed by atoms with van der Waals surface area (Å²) in [5.74, 6) is -0.399. The second-order valence-electron chi connectivity index (χ2n) is 4.93. The minimum absolute atomic E-state index is 0.0945. The fraction of sp³-hybridized carbons (Fsp3) is 0.571. The summed E-state index contributed by atoms with van der Waals surface area (Å²) < 4.78 is 13.4. The van der Waals surface area contributed by atoms with Gasteiger partial charge in [-0.25, -0.2) is 9.37 Å². The van der Waals surface area contributed by atoms with Crippen molar-refractivity contribution in [3.63, 3.8) is 0 Å². The van der Waals surface area contributed by atoms with Crippen molar-refractivity contribution in [2.45, 2.75) is 32.2 Å². The molecule has 110 valence electrons. The van der Waals surface area contributed by atoms with Crippen molar-refractivity contribution in [1.29, 1.82) is 0 Å². The van der Waals surface area contributed by atoms with Crippen LogP contribution in [0, 0.1) is 5.82 Å². The summed E-state index contributed by atoms with van der Waals surface area (Å²) in [5, 5.41) is 12.1. The van der Waals surface area contributed by atoms with Gasteiger partial charge in [-0.2, -0.15) is 0 Å². The molecule has 1 amide bonds. The molecule has 1 aliphatic carbocycles. The summed E-state index contributed by atoms with van der Waals surface area (Å²) in [6.07, 6.45) is 3.86. The van der Waals surface area contributed by atoms with Crippen LogP contribution in [0.5, 0.6) is 0 Å². The molecule has 0 aromatic carbocycles. The number of rotatable bonds is 7. The molecule has 1 heterocycles. The molecule has 5 nitrogen and oxygen atoms in total. The molecule has 0 bridgehead atoms. The Balaban J connectivity index is 2.23. The zero-order valence-electron chi connectivity index (χ0n) is 11.6. The van der Waals surface area contributed by atoms with E-state index >= 15 is 0 Å². The van der Waals surface area contributed by atoms with Crippen LogP contribution in [-0.4, -0.2) is 46.6 Å². The summed E-state index contributed by atoms with van der Waals surface area (Å²) in [5.41, 5.74) is 0.235. The standard InChI is InChI=1S/C14H20FN3O2/c1-2-5-16-13-12(8-10(15)9-17-13)14(20)18(6-7-19)11-3-4-11/h8-9,11,19H,2-7H2,1H3,(H,16,17). The smallest absolute Gasteiger partial charge is 0.258 e. The maximum Gasteiger partial charge on any atom is 0.258 e. The topological polar surface area (TPSA) is 65.5 Å². The molecule has 6 heteroatoms. The number of carbonyl (C=O) groups is 1. The molecule has 0 radical (unpaired) electrons. The normalized spacial score (nSPS) is 14.2. The number of hydrogen-bond donors (Lipinski definition) is 2. The number of nitrogens with zero attached hydrogens (tertiary/aromatic N) is 2. The molecule has 1 fully saturated rings. The van der Waals surface area contributed by atoms with E-state index in [0.717, 1.165) is 25.5 Å². The summed E-state index contributed by atoms with van der Waals surface area (Å²) in [4.78, 5) is 18.1. The average Bonchev–Trinajstić information content (AvgIpc) is 3.27. The highest BCUT2D eigenvalue weighted by Crippen LogP contribution is 2.29. The van der Waals surface area contributed by atoms with Crippen molar-refractivity contribution >= 4 is 11.7 Å². The predicted octanol–water partition coefficient (Wildman–Crippen LogP) is 1.64. The number of aliphatic hydroxyl groups is 1. The van der Waals surface area contributed by atoms with Crippen LogP contribution in [0.25, 0.3) is 0 Å². The van der Waals surface area contributed by atoms with Gasteiger partial charge in [-0.05, 0) is 25.3 Å². The largest absolute Gasteiger partial charge is 0.395 e. The van der Waals surface area contributed by atoms with Crippen molar-refractivity contribution in [3.05, 3.63) is 23.6 Å². The molecule has 0 unspecified atom stereocenters. The van der Waals surface area contributed by atoms with Crippen LogP contribution in [-0.2, 0) is 0 Å². The third-order valence-corrected chi connectivity index (χ3v) is 3.22. The van der Waals surface area contributed by atoms with E-state index in [-0.39, 0.29) is 30.7 Å². The number of nitrogens with one attached hydrogen (secondary N) is 1. The SMILES string of the molecule is CCCNc1ncc(F)cc1C(=O)N(CCO)C1CC1. The van der Waals surface area contributed by atoms with Crippen LogP contribution >= 0.6 is 0 Å². The summed E-state index contributed by atoms with van der Waals surface area (Å²) in [6, 6.07) is 1.37. The van der Waals surface area contributed by atoms with Crippen LogP contribution in [0.3, 0.4) is 0 Å². The molecule has 1 saturated carbocycles. The summed E-state index contributed by atoms with van der Waals surface area (Å²) >= 11 is 0. The molecular weight excluding hydrogens is 261 g/mol. The van der Waals surface area contributed by atoms with Crippen LogP contribution in [0.1, 0.15) is 36.5 Å². The first-order valence-electron chi connectivity index (χ1n) is 6.98. The van der Waals surface area contributed by atoms with Crippen molar-refractivity contribution in [2.24, 2.45) is 0 Å². The van der Waals surface area contributed by atoms with E-state index < -0.39 is 5.82 Å². The van der Waals surface area contributed by atoms with Crippen molar-refractivity contribution < 1.29 is 14.3 Å². The van der Waals surface area contributed by atoms with Gasteiger partial charge in [-0.3, -0.25) is 4.79 Å². The van der Waals surface area contributed by atoms with E-state index in [0.29, 0.717) is 12.4 Å². The molecule has 2 N–H and O–H groups in total. The second-order valence-corrected chi connectivity index (χ2v) is 4.93. The number of aliphatic hydroxyl groups excluding tert-OH is 1. The zero-order chi connectivity index (χ0) is 14.5. The van der Waals surface area contributed by atoms with E-state index in [4.69, 9.17) is 5.11 Å². The van der Waals surface area contributed by atoms with Gasteiger partial charge in [0, 0.05) is 19.1 Å². The predicted molar refractivity (Wildman–Crippen MR) is 74.1 cm³/mol. The van der Waals surface area contributed by atoms with Crippen LogP contribution in [0.4, 0.5) is 10.2 Å². The van der Waals surface area contributed by atoms with Crippen molar-refractivity contribution in [2.75, 3.05) is 25.0 Å². The Labute approximate surface area is 117 Å². The lowest BCUT2D eigenvalue weighted by Crippen LogP contribution is -2.36. The Morgan fingerprint density at radius 3 is 2.95 bits per heavy atom. The fourth-order valence-electron chi connectivity index (χ4n) is 2.09. The maximum absolute atomic E-state index is 13.4.